The highest BCUT2D eigenvalue weighted by atomic mass is 28.4. The number of carbonyl (C=O) groups is 2. The standard InChI is InChI=1S/C15H28N2O5Si/c1-15(2,3)23(5,6)22-11(8-16-10-18)7-13-17-12(9-21-13)14(19)20-4/h10-12H,7-9H2,1-6H3,(H,16,18). The molecule has 0 aromatic heterocycles. The van der Waals surface area contributed by atoms with Crippen molar-refractivity contribution >= 4 is 26.6 Å². The summed E-state index contributed by atoms with van der Waals surface area (Å²) in [5.41, 5.74) is 0. The summed E-state index contributed by atoms with van der Waals surface area (Å²) in [5, 5.41) is 2.71. The van der Waals surface area contributed by atoms with Crippen LogP contribution in [0.4, 0.5) is 0 Å². The highest BCUT2D eigenvalue weighted by Crippen LogP contribution is 2.37. The summed E-state index contributed by atoms with van der Waals surface area (Å²) in [6.07, 6.45) is 0.827. The molecule has 0 bridgehead atoms. The fourth-order valence-corrected chi connectivity index (χ4v) is 3.27. The highest BCUT2D eigenvalue weighted by Gasteiger charge is 2.40. The van der Waals surface area contributed by atoms with Gasteiger partial charge in [0.05, 0.1) is 19.6 Å². The maximum atomic E-state index is 11.5. The van der Waals surface area contributed by atoms with Crippen LogP contribution in [0.5, 0.6) is 0 Å². The fourth-order valence-electron chi connectivity index (χ4n) is 1.92. The first kappa shape index (κ1) is 19.6. The number of carbonyl (C=O) groups excluding carboxylic acids is 2. The van der Waals surface area contributed by atoms with Crippen molar-refractivity contribution in [3.8, 4) is 0 Å². The molecule has 2 atom stereocenters. The van der Waals surface area contributed by atoms with Crippen LogP contribution in [0.15, 0.2) is 4.99 Å². The molecule has 1 heterocycles. The van der Waals surface area contributed by atoms with E-state index in [-0.39, 0.29) is 17.7 Å². The van der Waals surface area contributed by atoms with Gasteiger partial charge in [-0.15, -0.1) is 0 Å². The average Bonchev–Trinajstić information content (AvgIpc) is 2.90. The van der Waals surface area contributed by atoms with E-state index in [0.717, 1.165) is 0 Å². The van der Waals surface area contributed by atoms with E-state index in [1.54, 1.807) is 0 Å². The minimum atomic E-state index is -1.99. The van der Waals surface area contributed by atoms with Gasteiger partial charge in [0, 0.05) is 6.54 Å². The predicted molar refractivity (Wildman–Crippen MR) is 89.9 cm³/mol. The molecular weight excluding hydrogens is 316 g/mol. The molecule has 0 spiro atoms. The third-order valence-electron chi connectivity index (χ3n) is 4.28. The molecule has 0 aliphatic carbocycles. The van der Waals surface area contributed by atoms with E-state index in [9.17, 15) is 9.59 Å². The zero-order valence-corrected chi connectivity index (χ0v) is 15.8. The summed E-state index contributed by atoms with van der Waals surface area (Å²) in [4.78, 5) is 26.3. The zero-order chi connectivity index (χ0) is 17.7. The predicted octanol–water partition coefficient (Wildman–Crippen LogP) is 1.48. The summed E-state index contributed by atoms with van der Waals surface area (Å²) in [6.45, 7) is 11.3. The molecule has 132 valence electrons. The Morgan fingerprint density at radius 3 is 2.70 bits per heavy atom. The van der Waals surface area contributed by atoms with Crippen molar-refractivity contribution in [2.45, 2.75) is 57.5 Å². The van der Waals surface area contributed by atoms with Crippen LogP contribution in [0, 0.1) is 0 Å². The molecule has 0 aromatic carbocycles. The Bertz CT molecular complexity index is 459. The summed E-state index contributed by atoms with van der Waals surface area (Å²) < 4.78 is 16.5. The lowest BCUT2D eigenvalue weighted by atomic mass is 10.2. The van der Waals surface area contributed by atoms with Crippen LogP contribution >= 0.6 is 0 Å². The summed E-state index contributed by atoms with van der Waals surface area (Å²) >= 11 is 0. The van der Waals surface area contributed by atoms with Crippen molar-refractivity contribution < 1.29 is 23.5 Å². The van der Waals surface area contributed by atoms with Crippen LogP contribution < -0.4 is 5.32 Å². The normalized spacial score (nSPS) is 19.6. The van der Waals surface area contributed by atoms with E-state index >= 15 is 0 Å². The molecule has 0 saturated heterocycles. The molecule has 1 N–H and O–H groups in total. The quantitative estimate of drug-likeness (QED) is 0.409. The maximum Gasteiger partial charge on any atom is 0.334 e. The number of aliphatic imine (C=N–C) groups is 1. The Kier molecular flexibility index (Phi) is 6.76. The van der Waals surface area contributed by atoms with Crippen molar-refractivity contribution in [2.24, 2.45) is 4.99 Å². The molecular formula is C15H28N2O5Si. The number of amides is 1. The third-order valence-corrected chi connectivity index (χ3v) is 8.81. The molecule has 1 amide bonds. The lowest BCUT2D eigenvalue weighted by Crippen LogP contribution is -2.47. The number of ether oxygens (including phenoxy) is 2. The van der Waals surface area contributed by atoms with Gasteiger partial charge in [0.2, 0.25) is 6.41 Å². The van der Waals surface area contributed by atoms with Gasteiger partial charge >= 0.3 is 5.97 Å². The first-order valence-electron chi connectivity index (χ1n) is 7.73. The van der Waals surface area contributed by atoms with Gasteiger partial charge in [-0.05, 0) is 18.1 Å². The van der Waals surface area contributed by atoms with Crippen molar-refractivity contribution in [2.75, 3.05) is 20.3 Å². The zero-order valence-electron chi connectivity index (χ0n) is 14.8. The molecule has 23 heavy (non-hydrogen) atoms. The van der Waals surface area contributed by atoms with Crippen molar-refractivity contribution in [3.05, 3.63) is 0 Å². The van der Waals surface area contributed by atoms with Gasteiger partial charge in [0.25, 0.3) is 0 Å². The lowest BCUT2D eigenvalue weighted by molar-refractivity contribution is -0.142. The Labute approximate surface area is 138 Å². The number of hydrogen-bond acceptors (Lipinski definition) is 6. The summed E-state index contributed by atoms with van der Waals surface area (Å²) in [6, 6.07) is -0.609. The first-order chi connectivity index (χ1) is 10.6. The van der Waals surface area contributed by atoms with E-state index < -0.39 is 20.3 Å². The van der Waals surface area contributed by atoms with Gasteiger partial charge in [-0.2, -0.15) is 0 Å². The number of nitrogens with zero attached hydrogens (tertiary/aromatic N) is 1. The molecule has 0 fully saturated rings. The number of hydrogen-bond donors (Lipinski definition) is 1. The minimum Gasteiger partial charge on any atom is -0.478 e. The molecule has 0 aromatic rings. The van der Waals surface area contributed by atoms with Crippen LogP contribution in [0.25, 0.3) is 0 Å². The summed E-state index contributed by atoms with van der Waals surface area (Å²) in [5.74, 6) is 0.0599. The van der Waals surface area contributed by atoms with Gasteiger partial charge in [-0.25, -0.2) is 9.79 Å². The molecule has 0 radical (unpaired) electrons. The maximum absolute atomic E-state index is 11.5. The molecule has 1 aliphatic heterocycles. The van der Waals surface area contributed by atoms with Crippen LogP contribution in [-0.2, 0) is 23.5 Å². The second-order valence-electron chi connectivity index (χ2n) is 7.10. The minimum absolute atomic E-state index is 0.0549. The van der Waals surface area contributed by atoms with E-state index in [1.165, 1.54) is 7.11 Å². The van der Waals surface area contributed by atoms with Crippen LogP contribution in [0.3, 0.4) is 0 Å². The number of esters is 1. The van der Waals surface area contributed by atoms with Crippen molar-refractivity contribution in [1.82, 2.24) is 5.32 Å². The molecule has 0 saturated carbocycles. The molecule has 8 heteroatoms. The SMILES string of the molecule is COC(=O)C1COC(CC(CNC=O)O[Si](C)(C)C(C)(C)C)=N1. The average molecular weight is 344 g/mol. The second kappa shape index (κ2) is 7.92. The molecule has 7 nitrogen and oxygen atoms in total. The van der Waals surface area contributed by atoms with Gasteiger partial charge in [-0.1, -0.05) is 20.8 Å². The van der Waals surface area contributed by atoms with Crippen molar-refractivity contribution in [3.63, 3.8) is 0 Å². The van der Waals surface area contributed by atoms with Gasteiger partial charge in [0.15, 0.2) is 20.3 Å². The monoisotopic (exact) mass is 344 g/mol. The van der Waals surface area contributed by atoms with E-state index in [1.807, 2.05) is 0 Å². The van der Waals surface area contributed by atoms with E-state index in [2.05, 4.69) is 48.9 Å². The molecule has 1 rings (SSSR count). The smallest absolute Gasteiger partial charge is 0.334 e. The number of nitrogens with one attached hydrogen (secondary N) is 1. The van der Waals surface area contributed by atoms with Gasteiger partial charge in [0.1, 0.15) is 6.61 Å². The molecule has 1 aliphatic rings. The first-order valence-corrected chi connectivity index (χ1v) is 10.6. The fraction of sp³-hybridized carbons (Fsp3) is 0.800. The Balaban J connectivity index is 2.76. The number of methoxy groups -OCH3 is 1. The van der Waals surface area contributed by atoms with Crippen LogP contribution in [0.2, 0.25) is 18.1 Å². The van der Waals surface area contributed by atoms with E-state index in [4.69, 9.17) is 9.16 Å². The van der Waals surface area contributed by atoms with Gasteiger partial charge < -0.3 is 19.2 Å². The Morgan fingerprint density at radius 1 is 1.52 bits per heavy atom. The Hall–Kier alpha value is -1.41. The largest absolute Gasteiger partial charge is 0.478 e. The highest BCUT2D eigenvalue weighted by molar-refractivity contribution is 6.74. The van der Waals surface area contributed by atoms with Crippen molar-refractivity contribution in [1.29, 1.82) is 0 Å². The second-order valence-corrected chi connectivity index (χ2v) is 11.9. The Morgan fingerprint density at radius 2 is 2.17 bits per heavy atom. The van der Waals surface area contributed by atoms with E-state index in [0.29, 0.717) is 25.3 Å². The lowest BCUT2D eigenvalue weighted by Gasteiger charge is -2.39. The topological polar surface area (TPSA) is 86.2 Å². The number of rotatable bonds is 8. The van der Waals surface area contributed by atoms with Gasteiger partial charge in [-0.3, -0.25) is 4.79 Å². The molecule has 2 unspecified atom stereocenters. The summed E-state index contributed by atoms with van der Waals surface area (Å²) in [7, 11) is -0.667. The van der Waals surface area contributed by atoms with Crippen LogP contribution in [0.1, 0.15) is 27.2 Å². The van der Waals surface area contributed by atoms with Crippen LogP contribution in [-0.4, -0.2) is 59.0 Å². The third kappa shape index (κ3) is 5.62.